The van der Waals surface area contributed by atoms with Crippen molar-refractivity contribution in [2.45, 2.75) is 31.2 Å². The minimum Gasteiger partial charge on any atom is -0.497 e. The summed E-state index contributed by atoms with van der Waals surface area (Å²) in [7, 11) is -1.93. The molecule has 1 aromatic heterocycles. The number of hydrogen-bond donors (Lipinski definition) is 1. The average Bonchev–Trinajstić information content (AvgIpc) is 3.26. The van der Waals surface area contributed by atoms with Gasteiger partial charge >= 0.3 is 0 Å². The minimum absolute atomic E-state index is 0.137. The van der Waals surface area contributed by atoms with Gasteiger partial charge in [-0.25, -0.2) is 8.42 Å². The Morgan fingerprint density at radius 2 is 1.94 bits per heavy atom. The number of anilines is 1. The highest BCUT2D eigenvalue weighted by Crippen LogP contribution is 2.28. The fourth-order valence-corrected chi connectivity index (χ4v) is 5.45. The van der Waals surface area contributed by atoms with Crippen molar-refractivity contribution in [2.24, 2.45) is 5.92 Å². The van der Waals surface area contributed by atoms with Crippen molar-refractivity contribution in [1.82, 2.24) is 9.29 Å². The minimum atomic E-state index is -3.54. The zero-order valence-corrected chi connectivity index (χ0v) is 19.4. The Morgan fingerprint density at radius 1 is 1.21 bits per heavy atom. The monoisotopic (exact) mass is 466 g/mol. The average molecular weight is 467 g/mol. The topological polar surface area (TPSA) is 108 Å². The van der Waals surface area contributed by atoms with E-state index in [9.17, 15) is 13.7 Å². The summed E-state index contributed by atoms with van der Waals surface area (Å²) < 4.78 is 38.4. The highest BCUT2D eigenvalue weighted by atomic mass is 32.2. The fourth-order valence-electron chi connectivity index (χ4n) is 3.85. The molecule has 0 amide bonds. The van der Waals surface area contributed by atoms with Crippen LogP contribution in [0.25, 0.3) is 11.5 Å². The van der Waals surface area contributed by atoms with Crippen LogP contribution in [-0.2, 0) is 16.6 Å². The third-order valence-corrected chi connectivity index (χ3v) is 7.58. The molecule has 0 spiro atoms. The Balaban J connectivity index is 1.50. The smallest absolute Gasteiger partial charge is 0.243 e. The molecule has 33 heavy (non-hydrogen) atoms. The molecular weight excluding hydrogens is 440 g/mol. The molecule has 2 heterocycles. The summed E-state index contributed by atoms with van der Waals surface area (Å²) in [5.74, 6) is 1.63. The second-order valence-electron chi connectivity index (χ2n) is 8.15. The normalized spacial score (nSPS) is 16.8. The third-order valence-electron chi connectivity index (χ3n) is 5.70. The quantitative estimate of drug-likeness (QED) is 0.554. The second-order valence-corrected chi connectivity index (χ2v) is 10.1. The lowest BCUT2D eigenvalue weighted by Crippen LogP contribution is -2.39. The molecule has 4 rings (SSSR count). The van der Waals surface area contributed by atoms with Crippen LogP contribution < -0.4 is 10.1 Å². The predicted octanol–water partition coefficient (Wildman–Crippen LogP) is 4.25. The Morgan fingerprint density at radius 3 is 2.58 bits per heavy atom. The number of sulfonamides is 1. The molecule has 1 aliphatic heterocycles. The van der Waals surface area contributed by atoms with E-state index in [0.29, 0.717) is 31.1 Å². The molecule has 0 aliphatic carbocycles. The number of nitrogens with one attached hydrogen (secondary N) is 1. The molecule has 1 atom stereocenters. The Bertz CT molecular complexity index is 1250. The van der Waals surface area contributed by atoms with Gasteiger partial charge in [-0.15, -0.1) is 0 Å². The Kier molecular flexibility index (Phi) is 6.67. The molecule has 3 aromatic rings. The van der Waals surface area contributed by atoms with Crippen LogP contribution in [-0.4, -0.2) is 37.9 Å². The number of ether oxygens (including phenoxy) is 1. The summed E-state index contributed by atoms with van der Waals surface area (Å²) in [6.07, 6.45) is 1.92. The van der Waals surface area contributed by atoms with E-state index in [0.717, 1.165) is 24.2 Å². The summed E-state index contributed by atoms with van der Waals surface area (Å²) in [5.41, 5.74) is 1.71. The Labute approximate surface area is 193 Å². The van der Waals surface area contributed by atoms with Crippen LogP contribution in [0.3, 0.4) is 0 Å². The number of aromatic nitrogens is 1. The van der Waals surface area contributed by atoms with Crippen LogP contribution in [0.4, 0.5) is 5.88 Å². The summed E-state index contributed by atoms with van der Waals surface area (Å²) in [6.45, 7) is 3.60. The first-order valence-electron chi connectivity index (χ1n) is 10.8. The van der Waals surface area contributed by atoms with Gasteiger partial charge in [0.15, 0.2) is 0 Å². The summed E-state index contributed by atoms with van der Waals surface area (Å²) >= 11 is 0. The van der Waals surface area contributed by atoms with Crippen LogP contribution in [0.1, 0.15) is 31.0 Å². The van der Waals surface area contributed by atoms with E-state index in [1.165, 1.54) is 0 Å². The van der Waals surface area contributed by atoms with Crippen molar-refractivity contribution in [1.29, 1.82) is 5.26 Å². The summed E-state index contributed by atoms with van der Waals surface area (Å²) in [6, 6.07) is 16.0. The molecule has 0 radical (unpaired) electrons. The molecule has 8 nitrogen and oxygen atoms in total. The van der Waals surface area contributed by atoms with Gasteiger partial charge in [-0.2, -0.15) is 14.6 Å². The van der Waals surface area contributed by atoms with Crippen LogP contribution in [0, 0.1) is 17.2 Å². The van der Waals surface area contributed by atoms with E-state index in [1.807, 2.05) is 30.3 Å². The van der Waals surface area contributed by atoms with Crippen molar-refractivity contribution in [3.8, 4) is 23.3 Å². The molecule has 1 unspecified atom stereocenters. The van der Waals surface area contributed by atoms with Crippen molar-refractivity contribution >= 4 is 15.9 Å². The zero-order valence-electron chi connectivity index (χ0n) is 18.6. The standard InChI is InChI=1S/C24H26N4O4S/c1-17-4-3-13-28(16-17)33(29,30)21-11-7-19(8-12-21)23-27-22(14-25)24(32-23)26-15-18-5-9-20(31-2)10-6-18/h5-12,17,26H,3-4,13,15-16H2,1-2H3. The van der Waals surface area contributed by atoms with Crippen LogP contribution in [0.2, 0.25) is 0 Å². The van der Waals surface area contributed by atoms with Gasteiger partial charge in [-0.3, -0.25) is 0 Å². The molecule has 1 fully saturated rings. The van der Waals surface area contributed by atoms with Gasteiger partial charge in [0.2, 0.25) is 27.5 Å². The number of oxazole rings is 1. The third kappa shape index (κ3) is 5.02. The van der Waals surface area contributed by atoms with Gasteiger partial charge in [0, 0.05) is 25.2 Å². The lowest BCUT2D eigenvalue weighted by Gasteiger charge is -2.30. The van der Waals surface area contributed by atoms with Gasteiger partial charge in [-0.1, -0.05) is 19.1 Å². The number of methoxy groups -OCH3 is 1. The molecular formula is C24H26N4O4S. The first kappa shape index (κ1) is 22.8. The van der Waals surface area contributed by atoms with E-state index in [4.69, 9.17) is 9.15 Å². The molecule has 1 aliphatic rings. The molecule has 172 valence electrons. The maximum atomic E-state index is 13.0. The molecule has 2 aromatic carbocycles. The van der Waals surface area contributed by atoms with E-state index in [1.54, 1.807) is 35.7 Å². The lowest BCUT2D eigenvalue weighted by molar-refractivity contribution is 0.281. The van der Waals surface area contributed by atoms with Gasteiger partial charge in [-0.05, 0) is 60.7 Å². The van der Waals surface area contributed by atoms with Crippen molar-refractivity contribution in [3.05, 3.63) is 59.8 Å². The van der Waals surface area contributed by atoms with E-state index in [-0.39, 0.29) is 22.4 Å². The van der Waals surface area contributed by atoms with Crippen molar-refractivity contribution in [3.63, 3.8) is 0 Å². The van der Waals surface area contributed by atoms with Crippen LogP contribution >= 0.6 is 0 Å². The zero-order chi connectivity index (χ0) is 23.4. The van der Waals surface area contributed by atoms with Crippen molar-refractivity contribution in [2.75, 3.05) is 25.5 Å². The van der Waals surface area contributed by atoms with Gasteiger partial charge < -0.3 is 14.5 Å². The number of piperidine rings is 1. The molecule has 9 heteroatoms. The number of rotatable bonds is 7. The first-order valence-corrected chi connectivity index (χ1v) is 12.2. The fraction of sp³-hybridized carbons (Fsp3) is 0.333. The van der Waals surface area contributed by atoms with E-state index in [2.05, 4.69) is 17.2 Å². The Hall–Kier alpha value is -3.35. The second kappa shape index (κ2) is 9.65. The van der Waals surface area contributed by atoms with Gasteiger partial charge in [0.05, 0.1) is 12.0 Å². The van der Waals surface area contributed by atoms with Crippen LogP contribution in [0.5, 0.6) is 5.75 Å². The van der Waals surface area contributed by atoms with Crippen molar-refractivity contribution < 1.29 is 17.6 Å². The van der Waals surface area contributed by atoms with Gasteiger partial charge in [0.25, 0.3) is 0 Å². The van der Waals surface area contributed by atoms with E-state index < -0.39 is 10.0 Å². The molecule has 1 saturated heterocycles. The molecule has 0 bridgehead atoms. The lowest BCUT2D eigenvalue weighted by atomic mass is 10.0. The molecule has 1 N–H and O–H groups in total. The van der Waals surface area contributed by atoms with E-state index >= 15 is 0 Å². The highest BCUT2D eigenvalue weighted by Gasteiger charge is 2.28. The first-order chi connectivity index (χ1) is 15.9. The largest absolute Gasteiger partial charge is 0.497 e. The maximum absolute atomic E-state index is 13.0. The summed E-state index contributed by atoms with van der Waals surface area (Å²) in [4.78, 5) is 4.50. The number of hydrogen-bond acceptors (Lipinski definition) is 7. The SMILES string of the molecule is COc1ccc(CNc2oc(-c3ccc(S(=O)(=O)N4CCCC(C)C4)cc3)nc2C#N)cc1. The number of nitriles is 1. The van der Waals surface area contributed by atoms with Gasteiger partial charge in [0.1, 0.15) is 11.8 Å². The highest BCUT2D eigenvalue weighted by molar-refractivity contribution is 7.89. The number of benzene rings is 2. The molecule has 0 saturated carbocycles. The maximum Gasteiger partial charge on any atom is 0.243 e. The van der Waals surface area contributed by atoms with Crippen LogP contribution in [0.15, 0.2) is 57.8 Å². The predicted molar refractivity (Wildman–Crippen MR) is 124 cm³/mol. The summed E-state index contributed by atoms with van der Waals surface area (Å²) in [5, 5.41) is 12.5. The number of nitrogens with zero attached hydrogens (tertiary/aromatic N) is 3.